The summed E-state index contributed by atoms with van der Waals surface area (Å²) in [6.45, 7) is 1.72. The van der Waals surface area contributed by atoms with Crippen LogP contribution in [-0.4, -0.2) is 39.2 Å². The number of benzene rings is 1. The monoisotopic (exact) mass is 452 g/mol. The molecule has 10 heteroatoms. The minimum Gasteiger partial charge on any atom is -0.465 e. The van der Waals surface area contributed by atoms with E-state index in [2.05, 4.69) is 25.9 Å². The molecular weight excluding hydrogens is 427 g/mol. The van der Waals surface area contributed by atoms with Crippen molar-refractivity contribution in [2.24, 2.45) is 11.7 Å². The lowest BCUT2D eigenvalue weighted by Crippen LogP contribution is -2.50. The summed E-state index contributed by atoms with van der Waals surface area (Å²) in [5.74, 6) is -1.38. The molecule has 6 N–H and O–H groups in total. The van der Waals surface area contributed by atoms with Crippen molar-refractivity contribution >= 4 is 40.2 Å². The number of pyridine rings is 2. The first kappa shape index (κ1) is 22.3. The number of hydrogen-bond donors (Lipinski definition) is 5. The second-order valence-corrected chi connectivity index (χ2v) is 8.21. The van der Waals surface area contributed by atoms with Crippen LogP contribution in [-0.2, 0) is 0 Å². The number of carbonyl (C=O) groups is 2. The predicted molar refractivity (Wildman–Crippen MR) is 123 cm³/mol. The van der Waals surface area contributed by atoms with E-state index in [1.165, 1.54) is 0 Å². The lowest BCUT2D eigenvalue weighted by Gasteiger charge is -2.38. The summed E-state index contributed by atoms with van der Waals surface area (Å²) in [6.07, 6.45) is 3.38. The molecule has 2 heterocycles. The van der Waals surface area contributed by atoms with Crippen molar-refractivity contribution in [2.75, 3.05) is 10.6 Å². The first-order chi connectivity index (χ1) is 15.8. The van der Waals surface area contributed by atoms with Crippen LogP contribution < -0.4 is 21.7 Å². The van der Waals surface area contributed by atoms with Crippen LogP contribution in [0.3, 0.4) is 0 Å². The Bertz CT molecular complexity index is 1200. The van der Waals surface area contributed by atoms with Gasteiger partial charge in [0.25, 0.3) is 5.91 Å². The average molecular weight is 452 g/mol. The van der Waals surface area contributed by atoms with Gasteiger partial charge in [-0.1, -0.05) is 12.5 Å². The van der Waals surface area contributed by atoms with E-state index >= 15 is 0 Å². The summed E-state index contributed by atoms with van der Waals surface area (Å²) < 4.78 is 14.9. The highest BCUT2D eigenvalue weighted by molar-refractivity contribution is 5.99. The number of anilines is 3. The largest absolute Gasteiger partial charge is 0.465 e. The summed E-state index contributed by atoms with van der Waals surface area (Å²) in [7, 11) is 0. The number of rotatable bonds is 8. The second-order valence-electron chi connectivity index (χ2n) is 8.21. The van der Waals surface area contributed by atoms with Crippen LogP contribution >= 0.6 is 0 Å². The van der Waals surface area contributed by atoms with Gasteiger partial charge in [0.15, 0.2) is 11.6 Å². The molecule has 0 saturated heterocycles. The van der Waals surface area contributed by atoms with Crippen molar-refractivity contribution in [3.05, 3.63) is 54.0 Å². The number of fused-ring (bicyclic) bond motifs is 1. The van der Waals surface area contributed by atoms with Gasteiger partial charge in [-0.15, -0.1) is 0 Å². The van der Waals surface area contributed by atoms with Gasteiger partial charge in [-0.05, 0) is 56.0 Å². The maximum atomic E-state index is 14.9. The number of amides is 2. The number of carboxylic acid groups (broad SMARTS) is 1. The van der Waals surface area contributed by atoms with E-state index in [1.807, 2.05) is 24.3 Å². The van der Waals surface area contributed by atoms with E-state index in [0.29, 0.717) is 5.69 Å². The Labute approximate surface area is 189 Å². The highest BCUT2D eigenvalue weighted by Crippen LogP contribution is 2.34. The van der Waals surface area contributed by atoms with Crippen LogP contribution in [0.1, 0.15) is 36.5 Å². The van der Waals surface area contributed by atoms with Crippen molar-refractivity contribution in [3.8, 4) is 0 Å². The van der Waals surface area contributed by atoms with Gasteiger partial charge in [0.05, 0.1) is 17.1 Å². The number of halogens is 1. The fourth-order valence-corrected chi connectivity index (χ4v) is 4.06. The quantitative estimate of drug-likeness (QED) is 0.349. The first-order valence-corrected chi connectivity index (χ1v) is 10.7. The number of carbonyl (C=O) groups excluding carboxylic acids is 1. The molecule has 1 aliphatic carbocycles. The number of hydrogen-bond acceptors (Lipinski definition) is 6. The number of aromatic nitrogens is 2. The minimum absolute atomic E-state index is 0.0825. The van der Waals surface area contributed by atoms with Crippen molar-refractivity contribution < 1.29 is 19.1 Å². The standard InChI is InChI=1S/C23H25FN6O3/c1-12(27-23(32)33)19(13-4-2-5-13)29-22-17(24)11-16(20(25)31)21(30-22)28-15-7-8-18-14(10-15)6-3-9-26-18/h3,6-13,19,27H,2,4-5H2,1H3,(H2,25,31)(H,32,33)(H2,28,29,30)/t12-,19+/m0/s1. The molecule has 1 aromatic carbocycles. The molecule has 0 aliphatic heterocycles. The minimum atomic E-state index is -1.15. The molecule has 2 atom stereocenters. The number of nitrogens with two attached hydrogens (primary N) is 1. The molecule has 172 valence electrons. The van der Waals surface area contributed by atoms with Crippen molar-refractivity contribution in [2.45, 2.75) is 38.3 Å². The van der Waals surface area contributed by atoms with Crippen LogP contribution in [0.5, 0.6) is 0 Å². The van der Waals surface area contributed by atoms with Gasteiger partial charge in [-0.3, -0.25) is 9.78 Å². The van der Waals surface area contributed by atoms with Crippen molar-refractivity contribution in [1.29, 1.82) is 0 Å². The van der Waals surface area contributed by atoms with Crippen LogP contribution in [0.15, 0.2) is 42.6 Å². The lowest BCUT2D eigenvalue weighted by atomic mass is 9.77. The smallest absolute Gasteiger partial charge is 0.404 e. The van der Waals surface area contributed by atoms with Crippen molar-refractivity contribution in [3.63, 3.8) is 0 Å². The molecule has 2 amide bonds. The Morgan fingerprint density at radius 3 is 2.67 bits per heavy atom. The third kappa shape index (κ3) is 4.94. The Morgan fingerprint density at radius 1 is 1.21 bits per heavy atom. The molecule has 2 aromatic heterocycles. The molecule has 0 radical (unpaired) electrons. The van der Waals surface area contributed by atoms with E-state index in [-0.39, 0.29) is 29.2 Å². The Hall–Kier alpha value is -3.95. The van der Waals surface area contributed by atoms with Gasteiger partial charge >= 0.3 is 6.09 Å². The van der Waals surface area contributed by atoms with E-state index in [4.69, 9.17) is 10.8 Å². The third-order valence-corrected chi connectivity index (χ3v) is 5.96. The molecule has 1 aliphatic rings. The molecule has 9 nitrogen and oxygen atoms in total. The fourth-order valence-electron chi connectivity index (χ4n) is 4.06. The Balaban J connectivity index is 1.66. The van der Waals surface area contributed by atoms with Gasteiger partial charge < -0.3 is 26.8 Å². The SMILES string of the molecule is C[C@H](NC(=O)O)[C@@H](Nc1nc(Nc2ccc3ncccc3c2)c(C(N)=O)cc1F)C1CCC1. The number of nitrogens with one attached hydrogen (secondary N) is 3. The lowest BCUT2D eigenvalue weighted by molar-refractivity contribution is 0.1000. The molecule has 4 rings (SSSR count). The highest BCUT2D eigenvalue weighted by Gasteiger charge is 2.33. The Morgan fingerprint density at radius 2 is 2.00 bits per heavy atom. The summed E-state index contributed by atoms with van der Waals surface area (Å²) >= 11 is 0. The van der Waals surface area contributed by atoms with Gasteiger partial charge in [-0.25, -0.2) is 14.2 Å². The normalized spacial score (nSPS) is 15.3. The number of primary amides is 1. The zero-order chi connectivity index (χ0) is 23.5. The third-order valence-electron chi connectivity index (χ3n) is 5.96. The average Bonchev–Trinajstić information content (AvgIpc) is 2.73. The van der Waals surface area contributed by atoms with Gasteiger partial charge in [0.2, 0.25) is 0 Å². The molecule has 1 saturated carbocycles. The summed E-state index contributed by atoms with van der Waals surface area (Å²) in [4.78, 5) is 31.7. The summed E-state index contributed by atoms with van der Waals surface area (Å²) in [6, 6.07) is 9.33. The maximum Gasteiger partial charge on any atom is 0.404 e. The number of nitrogens with zero attached hydrogens (tertiary/aromatic N) is 2. The zero-order valence-electron chi connectivity index (χ0n) is 18.0. The second kappa shape index (κ2) is 9.27. The Kier molecular flexibility index (Phi) is 6.25. The summed E-state index contributed by atoms with van der Waals surface area (Å²) in [5, 5.41) is 18.5. The van der Waals surface area contributed by atoms with E-state index < -0.39 is 23.9 Å². The summed E-state index contributed by atoms with van der Waals surface area (Å²) in [5.41, 5.74) is 6.80. The molecule has 0 unspecified atom stereocenters. The molecule has 1 fully saturated rings. The molecule has 33 heavy (non-hydrogen) atoms. The molecular formula is C23H25FN6O3. The highest BCUT2D eigenvalue weighted by atomic mass is 19.1. The molecule has 3 aromatic rings. The van der Waals surface area contributed by atoms with Crippen LogP contribution in [0.25, 0.3) is 10.9 Å². The van der Waals surface area contributed by atoms with Gasteiger partial charge in [0.1, 0.15) is 5.82 Å². The molecule has 0 bridgehead atoms. The van der Waals surface area contributed by atoms with Crippen LogP contribution in [0, 0.1) is 11.7 Å². The topological polar surface area (TPSA) is 142 Å². The van der Waals surface area contributed by atoms with E-state index in [0.717, 1.165) is 36.2 Å². The first-order valence-electron chi connectivity index (χ1n) is 10.7. The maximum absolute atomic E-state index is 14.9. The molecule has 0 spiro atoms. The van der Waals surface area contributed by atoms with Gasteiger partial charge in [0, 0.05) is 23.3 Å². The van der Waals surface area contributed by atoms with Gasteiger partial charge in [-0.2, -0.15) is 0 Å². The van der Waals surface area contributed by atoms with Crippen LogP contribution in [0.4, 0.5) is 26.5 Å². The predicted octanol–water partition coefficient (Wildman–Crippen LogP) is 3.85. The van der Waals surface area contributed by atoms with E-state index in [1.54, 1.807) is 19.2 Å². The van der Waals surface area contributed by atoms with Crippen LogP contribution in [0.2, 0.25) is 0 Å². The van der Waals surface area contributed by atoms with Crippen molar-refractivity contribution in [1.82, 2.24) is 15.3 Å². The zero-order valence-corrected chi connectivity index (χ0v) is 18.0. The fraction of sp³-hybridized carbons (Fsp3) is 0.304. The van der Waals surface area contributed by atoms with E-state index in [9.17, 15) is 14.0 Å².